The molecule has 4 aromatic rings. The van der Waals surface area contributed by atoms with E-state index in [4.69, 9.17) is 0 Å². The van der Waals surface area contributed by atoms with Crippen LogP contribution in [0, 0.1) is 6.33 Å². The molecule has 0 spiro atoms. The molecule has 6 rings (SSSR count). The number of imidazole rings is 1. The van der Waals surface area contributed by atoms with Crippen molar-refractivity contribution in [2.75, 3.05) is 0 Å². The molecule has 0 bridgehead atoms. The SMILES string of the molecule is [c-]1n(C2CCCCC2)c2cccc3c2[n+]1-c1cc2ccccc2cc1S3. The molecule has 0 radical (unpaired) electrons. The molecular weight excluding hydrogens is 336 g/mol. The topological polar surface area (TPSA) is 8.81 Å². The van der Waals surface area contributed by atoms with Gasteiger partial charge in [-0.3, -0.25) is 0 Å². The van der Waals surface area contributed by atoms with Crippen molar-refractivity contribution in [1.82, 2.24) is 4.57 Å². The molecule has 128 valence electrons. The molecule has 2 aliphatic rings. The lowest BCUT2D eigenvalue weighted by molar-refractivity contribution is -0.577. The van der Waals surface area contributed by atoms with E-state index in [-0.39, 0.29) is 0 Å². The van der Waals surface area contributed by atoms with Crippen LogP contribution in [0.4, 0.5) is 0 Å². The predicted molar refractivity (Wildman–Crippen MR) is 106 cm³/mol. The molecule has 1 aromatic heterocycles. The number of hydrogen-bond donors (Lipinski definition) is 0. The zero-order valence-corrected chi connectivity index (χ0v) is 15.4. The van der Waals surface area contributed by atoms with Crippen LogP contribution in [0.3, 0.4) is 0 Å². The molecule has 1 aliphatic heterocycles. The van der Waals surface area contributed by atoms with Gasteiger partial charge in [0.05, 0.1) is 22.8 Å². The number of aromatic nitrogens is 2. The quantitative estimate of drug-likeness (QED) is 0.271. The van der Waals surface area contributed by atoms with Crippen molar-refractivity contribution < 1.29 is 4.57 Å². The fraction of sp³-hybridized carbons (Fsp3) is 0.261. The van der Waals surface area contributed by atoms with Crippen LogP contribution < -0.4 is 4.57 Å². The summed E-state index contributed by atoms with van der Waals surface area (Å²) in [5.74, 6) is 0. The number of benzene rings is 3. The Bertz CT molecular complexity index is 1150. The number of rotatable bonds is 1. The lowest BCUT2D eigenvalue weighted by Gasteiger charge is -2.21. The van der Waals surface area contributed by atoms with E-state index in [2.05, 4.69) is 70.1 Å². The molecule has 0 N–H and O–H groups in total. The Kier molecular flexibility index (Phi) is 3.21. The van der Waals surface area contributed by atoms with E-state index in [0.29, 0.717) is 6.04 Å². The van der Waals surface area contributed by atoms with Crippen molar-refractivity contribution >= 4 is 33.6 Å². The number of fused-ring (bicyclic) bond motifs is 3. The van der Waals surface area contributed by atoms with Crippen molar-refractivity contribution in [3.8, 4) is 5.69 Å². The van der Waals surface area contributed by atoms with E-state index < -0.39 is 0 Å². The summed E-state index contributed by atoms with van der Waals surface area (Å²) in [6, 6.07) is 20.6. The molecule has 2 nitrogen and oxygen atoms in total. The first-order valence-electron chi connectivity index (χ1n) is 9.58. The standard InChI is InChI=1S/C23H20N2S/c1-2-9-18(10-3-1)24-15-25-20-13-16-7-4-5-8-17(16)14-22(20)26-21-12-6-11-19(24)23(21)25/h4-8,11-14,18H,1-3,9-10H2. The highest BCUT2D eigenvalue weighted by molar-refractivity contribution is 7.99. The molecule has 0 atom stereocenters. The zero-order chi connectivity index (χ0) is 17.1. The molecule has 26 heavy (non-hydrogen) atoms. The van der Waals surface area contributed by atoms with Crippen molar-refractivity contribution in [2.45, 2.75) is 47.9 Å². The first-order valence-corrected chi connectivity index (χ1v) is 10.4. The van der Waals surface area contributed by atoms with Gasteiger partial charge in [-0.05, 0) is 48.6 Å². The van der Waals surface area contributed by atoms with Gasteiger partial charge in [0, 0.05) is 9.79 Å². The largest absolute Gasteiger partial charge is 0.317 e. The second kappa shape index (κ2) is 5.62. The van der Waals surface area contributed by atoms with Crippen LogP contribution >= 0.6 is 11.8 Å². The Hall–Kier alpha value is -2.26. The van der Waals surface area contributed by atoms with Crippen LogP contribution in [0.5, 0.6) is 0 Å². The maximum atomic E-state index is 3.74. The van der Waals surface area contributed by atoms with Gasteiger partial charge in [-0.25, -0.2) is 0 Å². The maximum Gasteiger partial charge on any atom is 0.244 e. The van der Waals surface area contributed by atoms with Crippen molar-refractivity contribution in [1.29, 1.82) is 0 Å². The lowest BCUT2D eigenvalue weighted by atomic mass is 9.95. The van der Waals surface area contributed by atoms with Crippen LogP contribution in [0.2, 0.25) is 0 Å². The van der Waals surface area contributed by atoms with Gasteiger partial charge in [-0.2, -0.15) is 0 Å². The molecule has 1 fully saturated rings. The van der Waals surface area contributed by atoms with Crippen molar-refractivity contribution in [3.63, 3.8) is 0 Å². The molecule has 3 heteroatoms. The second-order valence-electron chi connectivity index (χ2n) is 7.49. The summed E-state index contributed by atoms with van der Waals surface area (Å²) in [5, 5.41) is 2.60. The third-order valence-corrected chi connectivity index (χ3v) is 6.99. The molecule has 0 saturated heterocycles. The Balaban J connectivity index is 1.63. The van der Waals surface area contributed by atoms with Crippen LogP contribution in [0.15, 0.2) is 64.4 Å². The molecule has 1 aliphatic carbocycles. The van der Waals surface area contributed by atoms with Gasteiger partial charge >= 0.3 is 0 Å². The summed E-state index contributed by atoms with van der Waals surface area (Å²) in [6.07, 6.45) is 10.4. The summed E-state index contributed by atoms with van der Waals surface area (Å²) in [6.45, 7) is 0. The number of hydrogen-bond acceptors (Lipinski definition) is 1. The molecule has 3 aromatic carbocycles. The monoisotopic (exact) mass is 356 g/mol. The predicted octanol–water partition coefficient (Wildman–Crippen LogP) is 5.84. The second-order valence-corrected chi connectivity index (χ2v) is 8.57. The van der Waals surface area contributed by atoms with E-state index in [1.165, 1.54) is 69.4 Å². The average molecular weight is 356 g/mol. The Morgan fingerprint density at radius 2 is 1.69 bits per heavy atom. The summed E-state index contributed by atoms with van der Waals surface area (Å²) in [5.41, 5.74) is 3.93. The van der Waals surface area contributed by atoms with Crippen molar-refractivity contribution in [3.05, 3.63) is 60.9 Å². The zero-order valence-electron chi connectivity index (χ0n) is 14.6. The van der Waals surface area contributed by atoms with Gasteiger partial charge in [0.25, 0.3) is 0 Å². The minimum absolute atomic E-state index is 0.592. The van der Waals surface area contributed by atoms with Crippen LogP contribution in [0.1, 0.15) is 38.1 Å². The first kappa shape index (κ1) is 14.9. The van der Waals surface area contributed by atoms with Crippen LogP contribution in [-0.2, 0) is 0 Å². The third kappa shape index (κ3) is 2.10. The number of nitrogens with zero attached hydrogens (tertiary/aromatic N) is 2. The minimum atomic E-state index is 0.592. The molecular formula is C23H20N2S. The normalized spacial score (nSPS) is 16.9. The minimum Gasteiger partial charge on any atom is -0.317 e. The third-order valence-electron chi connectivity index (χ3n) is 5.90. The van der Waals surface area contributed by atoms with E-state index in [1.807, 2.05) is 11.8 Å². The Morgan fingerprint density at radius 3 is 2.54 bits per heavy atom. The summed E-state index contributed by atoms with van der Waals surface area (Å²) >= 11 is 1.90. The maximum absolute atomic E-state index is 3.74. The fourth-order valence-electron chi connectivity index (χ4n) is 4.60. The van der Waals surface area contributed by atoms with Crippen molar-refractivity contribution in [2.24, 2.45) is 0 Å². The van der Waals surface area contributed by atoms with Gasteiger partial charge in [-0.1, -0.05) is 48.9 Å². The van der Waals surface area contributed by atoms with Gasteiger partial charge < -0.3 is 9.13 Å². The lowest BCUT2D eigenvalue weighted by Crippen LogP contribution is -2.33. The Morgan fingerprint density at radius 1 is 0.885 bits per heavy atom. The number of para-hydroxylation sites is 1. The highest BCUT2D eigenvalue weighted by atomic mass is 32.2. The van der Waals surface area contributed by atoms with Gasteiger partial charge in [0.2, 0.25) is 6.33 Å². The van der Waals surface area contributed by atoms with Crippen LogP contribution in [-0.4, -0.2) is 4.57 Å². The highest BCUT2D eigenvalue weighted by Gasteiger charge is 2.25. The molecule has 1 saturated carbocycles. The van der Waals surface area contributed by atoms with Gasteiger partial charge in [0.1, 0.15) is 0 Å². The van der Waals surface area contributed by atoms with Gasteiger partial charge in [0.15, 0.2) is 0 Å². The smallest absolute Gasteiger partial charge is 0.244 e. The van der Waals surface area contributed by atoms with E-state index in [1.54, 1.807) is 0 Å². The van der Waals surface area contributed by atoms with E-state index >= 15 is 0 Å². The fourth-order valence-corrected chi connectivity index (χ4v) is 5.71. The summed E-state index contributed by atoms with van der Waals surface area (Å²) < 4.78 is 4.75. The highest BCUT2D eigenvalue weighted by Crippen LogP contribution is 2.41. The van der Waals surface area contributed by atoms with Crippen LogP contribution in [0.25, 0.3) is 27.5 Å². The molecule has 0 unspecified atom stereocenters. The van der Waals surface area contributed by atoms with E-state index in [0.717, 1.165) is 0 Å². The summed E-state index contributed by atoms with van der Waals surface area (Å²) in [7, 11) is 0. The Labute approximate surface area is 157 Å². The average Bonchev–Trinajstić information content (AvgIpc) is 3.09. The molecule has 0 amide bonds. The van der Waals surface area contributed by atoms with E-state index in [9.17, 15) is 0 Å². The molecule has 2 heterocycles. The first-order chi connectivity index (χ1) is 12.9. The van der Waals surface area contributed by atoms with Gasteiger partial charge in [-0.15, -0.1) is 11.8 Å². The summed E-state index contributed by atoms with van der Waals surface area (Å²) in [4.78, 5) is 2.67.